The minimum absolute atomic E-state index is 0.0291. The maximum Gasteiger partial charge on any atom is 0.246 e. The van der Waals surface area contributed by atoms with Crippen molar-refractivity contribution in [3.63, 3.8) is 0 Å². The summed E-state index contributed by atoms with van der Waals surface area (Å²) in [5.74, 6) is 0.0291. The number of carbonyl (C=O) groups excluding carboxylic acids is 1. The molecule has 1 atom stereocenters. The third-order valence-corrected chi connectivity index (χ3v) is 4.01. The number of rotatable bonds is 4. The van der Waals surface area contributed by atoms with Crippen LogP contribution in [0.1, 0.15) is 50.1 Å². The zero-order valence-electron chi connectivity index (χ0n) is 11.5. The Morgan fingerprint density at radius 1 is 1.37 bits per heavy atom. The molecular weight excluding hydrogens is 262 g/mol. The lowest BCUT2D eigenvalue weighted by Gasteiger charge is -2.23. The van der Waals surface area contributed by atoms with E-state index in [1.165, 1.54) is 12.8 Å². The normalized spacial score (nSPS) is 18.1. The van der Waals surface area contributed by atoms with E-state index < -0.39 is 5.38 Å². The van der Waals surface area contributed by atoms with Gasteiger partial charge in [-0.15, -0.1) is 11.6 Å². The van der Waals surface area contributed by atoms with Gasteiger partial charge in [-0.2, -0.15) is 0 Å². The highest BCUT2D eigenvalue weighted by Gasteiger charge is 2.26. The zero-order chi connectivity index (χ0) is 13.7. The molecule has 1 aliphatic rings. The fourth-order valence-corrected chi connectivity index (χ4v) is 2.87. The van der Waals surface area contributed by atoms with Crippen LogP contribution in [0, 0.1) is 0 Å². The minimum Gasteiger partial charge on any atom is -0.341 e. The Bertz CT molecular complexity index is 411. The molecule has 2 heterocycles. The molecule has 106 valence electrons. The van der Waals surface area contributed by atoms with Gasteiger partial charge < -0.3 is 9.47 Å². The van der Waals surface area contributed by atoms with Gasteiger partial charge in [0.2, 0.25) is 5.91 Å². The maximum atomic E-state index is 12.5. The molecule has 2 rings (SSSR count). The number of amides is 1. The second-order valence-corrected chi connectivity index (χ2v) is 5.55. The van der Waals surface area contributed by atoms with Gasteiger partial charge in [-0.1, -0.05) is 19.8 Å². The molecule has 0 N–H and O–H groups in total. The van der Waals surface area contributed by atoms with Crippen LogP contribution in [0.25, 0.3) is 0 Å². The molecule has 1 aliphatic heterocycles. The fourth-order valence-electron chi connectivity index (χ4n) is 2.55. The van der Waals surface area contributed by atoms with E-state index >= 15 is 0 Å². The van der Waals surface area contributed by atoms with Crippen molar-refractivity contribution in [2.24, 2.45) is 0 Å². The van der Waals surface area contributed by atoms with E-state index in [1.807, 2.05) is 9.47 Å². The van der Waals surface area contributed by atoms with Gasteiger partial charge in [0.15, 0.2) is 5.38 Å². The van der Waals surface area contributed by atoms with Crippen molar-refractivity contribution in [1.29, 1.82) is 0 Å². The number of carbonyl (C=O) groups is 1. The Labute approximate surface area is 119 Å². The van der Waals surface area contributed by atoms with Crippen LogP contribution in [-0.2, 0) is 11.3 Å². The van der Waals surface area contributed by atoms with E-state index in [9.17, 15) is 4.79 Å². The summed E-state index contributed by atoms with van der Waals surface area (Å²) in [4.78, 5) is 18.5. The molecule has 0 saturated carbocycles. The lowest BCUT2D eigenvalue weighted by molar-refractivity contribution is -0.131. The number of aryl methyl sites for hydroxylation is 1. The van der Waals surface area contributed by atoms with Crippen LogP contribution < -0.4 is 0 Å². The van der Waals surface area contributed by atoms with Crippen molar-refractivity contribution >= 4 is 17.5 Å². The maximum absolute atomic E-state index is 12.5. The highest BCUT2D eigenvalue weighted by atomic mass is 35.5. The van der Waals surface area contributed by atoms with E-state index in [4.69, 9.17) is 11.6 Å². The summed E-state index contributed by atoms with van der Waals surface area (Å²) >= 11 is 6.37. The number of hydrogen-bond acceptors (Lipinski definition) is 2. The number of imidazole rings is 1. The predicted molar refractivity (Wildman–Crippen MR) is 76.2 cm³/mol. The molecule has 5 heteroatoms. The average molecular weight is 284 g/mol. The van der Waals surface area contributed by atoms with Gasteiger partial charge in [-0.05, 0) is 19.3 Å². The Kier molecular flexibility index (Phi) is 5.25. The smallest absolute Gasteiger partial charge is 0.246 e. The molecule has 0 radical (unpaired) electrons. The first kappa shape index (κ1) is 14.4. The standard InChI is InChI=1S/C14H22ClN3O/c1-2-7-18-11-16-10-12(18)13(15)14(19)17-8-5-3-4-6-9-17/h10-11,13H,2-9H2,1H3. The summed E-state index contributed by atoms with van der Waals surface area (Å²) in [5.41, 5.74) is 0.817. The van der Waals surface area contributed by atoms with Gasteiger partial charge in [-0.3, -0.25) is 4.79 Å². The molecular formula is C14H22ClN3O. The Balaban J connectivity index is 2.06. The largest absolute Gasteiger partial charge is 0.341 e. The molecule has 1 unspecified atom stereocenters. The van der Waals surface area contributed by atoms with Crippen LogP contribution in [0.3, 0.4) is 0 Å². The van der Waals surface area contributed by atoms with Crippen LogP contribution >= 0.6 is 11.6 Å². The first-order valence-electron chi connectivity index (χ1n) is 7.17. The molecule has 0 aromatic carbocycles. The van der Waals surface area contributed by atoms with Gasteiger partial charge >= 0.3 is 0 Å². The highest BCUT2D eigenvalue weighted by Crippen LogP contribution is 2.24. The van der Waals surface area contributed by atoms with Crippen LogP contribution in [0.4, 0.5) is 0 Å². The Morgan fingerprint density at radius 3 is 2.68 bits per heavy atom. The number of alkyl halides is 1. The first-order valence-corrected chi connectivity index (χ1v) is 7.60. The van der Waals surface area contributed by atoms with Crippen molar-refractivity contribution in [3.05, 3.63) is 18.2 Å². The van der Waals surface area contributed by atoms with E-state index in [0.29, 0.717) is 0 Å². The van der Waals surface area contributed by atoms with Gasteiger partial charge in [0.25, 0.3) is 0 Å². The molecule has 19 heavy (non-hydrogen) atoms. The first-order chi connectivity index (χ1) is 9.24. The van der Waals surface area contributed by atoms with Crippen LogP contribution in [-0.4, -0.2) is 33.4 Å². The molecule has 0 aliphatic carbocycles. The Morgan fingerprint density at radius 2 is 2.05 bits per heavy atom. The van der Waals surface area contributed by atoms with Gasteiger partial charge in [0, 0.05) is 19.6 Å². The van der Waals surface area contributed by atoms with E-state index in [-0.39, 0.29) is 5.91 Å². The molecule has 0 spiro atoms. The number of halogens is 1. The fraction of sp³-hybridized carbons (Fsp3) is 0.714. The third kappa shape index (κ3) is 3.50. The van der Waals surface area contributed by atoms with Crippen molar-refractivity contribution in [2.75, 3.05) is 13.1 Å². The van der Waals surface area contributed by atoms with E-state index in [2.05, 4.69) is 11.9 Å². The molecule has 4 nitrogen and oxygen atoms in total. The molecule has 1 aromatic heterocycles. The SMILES string of the molecule is CCCn1cncc1C(Cl)C(=O)N1CCCCCC1. The monoisotopic (exact) mass is 283 g/mol. The van der Waals surface area contributed by atoms with Crippen LogP contribution in [0.15, 0.2) is 12.5 Å². The second-order valence-electron chi connectivity index (χ2n) is 5.11. The second kappa shape index (κ2) is 6.94. The zero-order valence-corrected chi connectivity index (χ0v) is 12.3. The predicted octanol–water partition coefficient (Wildman–Crippen LogP) is 2.98. The number of aromatic nitrogens is 2. The summed E-state index contributed by atoms with van der Waals surface area (Å²) in [7, 11) is 0. The lowest BCUT2D eigenvalue weighted by Crippen LogP contribution is -2.34. The molecule has 1 amide bonds. The quantitative estimate of drug-likeness (QED) is 0.797. The minimum atomic E-state index is -0.604. The van der Waals surface area contributed by atoms with Gasteiger partial charge in [-0.25, -0.2) is 4.98 Å². The summed E-state index contributed by atoms with van der Waals surface area (Å²) < 4.78 is 1.98. The van der Waals surface area contributed by atoms with Crippen LogP contribution in [0.5, 0.6) is 0 Å². The Hall–Kier alpha value is -1.03. The molecule has 1 aromatic rings. The summed E-state index contributed by atoms with van der Waals surface area (Å²) in [6.07, 6.45) is 9.07. The van der Waals surface area contributed by atoms with E-state index in [0.717, 1.165) is 44.6 Å². The van der Waals surface area contributed by atoms with Gasteiger partial charge in [0.1, 0.15) is 0 Å². The summed E-state index contributed by atoms with van der Waals surface area (Å²) in [6.45, 7) is 4.63. The topological polar surface area (TPSA) is 38.1 Å². The number of hydrogen-bond donors (Lipinski definition) is 0. The van der Waals surface area contributed by atoms with Crippen molar-refractivity contribution in [1.82, 2.24) is 14.5 Å². The average Bonchev–Trinajstić information content (AvgIpc) is 2.71. The summed E-state index contributed by atoms with van der Waals surface area (Å²) in [5, 5.41) is -0.604. The third-order valence-electron chi connectivity index (χ3n) is 3.60. The van der Waals surface area contributed by atoms with Crippen molar-refractivity contribution in [3.8, 4) is 0 Å². The summed E-state index contributed by atoms with van der Waals surface area (Å²) in [6, 6.07) is 0. The lowest BCUT2D eigenvalue weighted by atomic mass is 10.2. The molecule has 1 fully saturated rings. The van der Waals surface area contributed by atoms with Gasteiger partial charge in [0.05, 0.1) is 18.2 Å². The highest BCUT2D eigenvalue weighted by molar-refractivity contribution is 6.30. The van der Waals surface area contributed by atoms with Crippen LogP contribution in [0.2, 0.25) is 0 Å². The van der Waals surface area contributed by atoms with Crippen molar-refractivity contribution in [2.45, 2.75) is 50.9 Å². The number of nitrogens with zero attached hydrogens (tertiary/aromatic N) is 3. The number of likely N-dealkylation sites (tertiary alicyclic amines) is 1. The van der Waals surface area contributed by atoms with Crippen molar-refractivity contribution < 1.29 is 4.79 Å². The van der Waals surface area contributed by atoms with E-state index in [1.54, 1.807) is 12.5 Å². The molecule has 1 saturated heterocycles. The molecule has 0 bridgehead atoms.